The van der Waals surface area contributed by atoms with Gasteiger partial charge in [0.05, 0.1) is 10.2 Å². The molecule has 0 N–H and O–H groups in total. The van der Waals surface area contributed by atoms with E-state index in [9.17, 15) is 0 Å². The van der Waals surface area contributed by atoms with Gasteiger partial charge in [-0.2, -0.15) is 0 Å². The number of fused-ring (bicyclic) bond motifs is 8. The van der Waals surface area contributed by atoms with Crippen molar-refractivity contribution < 1.29 is 0 Å². The molecule has 1 aromatic heterocycles. The first-order chi connectivity index (χ1) is 27.7. The Balaban J connectivity index is 1.00. The summed E-state index contributed by atoms with van der Waals surface area (Å²) in [6, 6.07) is 74.6. The van der Waals surface area contributed by atoms with Crippen LogP contribution >= 0.6 is 11.3 Å². The first-order valence-corrected chi connectivity index (χ1v) is 19.8. The van der Waals surface area contributed by atoms with Gasteiger partial charge in [-0.05, 0) is 121 Å². The van der Waals surface area contributed by atoms with Crippen LogP contribution in [0.4, 0.5) is 17.1 Å². The first-order valence-electron chi connectivity index (χ1n) is 19.0. The second-order valence-corrected chi connectivity index (χ2v) is 15.4. The minimum atomic E-state index is 1.02. The molecule has 0 saturated carbocycles. The highest BCUT2D eigenvalue weighted by molar-refractivity contribution is 7.22. The maximum absolute atomic E-state index is 5.13. The second kappa shape index (κ2) is 13.3. The van der Waals surface area contributed by atoms with E-state index < -0.39 is 0 Å². The molecule has 262 valence electrons. The van der Waals surface area contributed by atoms with E-state index in [1.165, 1.54) is 70.0 Å². The molecule has 11 rings (SSSR count). The summed E-state index contributed by atoms with van der Waals surface area (Å²) >= 11 is 1.77. The van der Waals surface area contributed by atoms with Gasteiger partial charge in [-0.3, -0.25) is 0 Å². The largest absolute Gasteiger partial charge is 0.310 e. The van der Waals surface area contributed by atoms with Crippen molar-refractivity contribution in [2.45, 2.75) is 0 Å². The van der Waals surface area contributed by atoms with E-state index in [-0.39, 0.29) is 0 Å². The number of benzene rings is 10. The van der Waals surface area contributed by atoms with E-state index in [4.69, 9.17) is 4.98 Å². The molecule has 0 bridgehead atoms. The lowest BCUT2D eigenvalue weighted by Crippen LogP contribution is -2.10. The average Bonchev–Trinajstić information content (AvgIpc) is 3.72. The predicted octanol–water partition coefficient (Wildman–Crippen LogP) is 15.4. The van der Waals surface area contributed by atoms with Crippen molar-refractivity contribution >= 4 is 81.7 Å². The van der Waals surface area contributed by atoms with Gasteiger partial charge in [0, 0.05) is 28.0 Å². The topological polar surface area (TPSA) is 16.1 Å². The number of anilines is 3. The summed E-state index contributed by atoms with van der Waals surface area (Å²) in [7, 11) is 0. The van der Waals surface area contributed by atoms with Crippen LogP contribution in [0.1, 0.15) is 0 Å². The molecule has 10 aromatic carbocycles. The Bertz CT molecular complexity index is 3240. The molecule has 0 aliphatic heterocycles. The summed E-state index contributed by atoms with van der Waals surface area (Å²) < 4.78 is 1.23. The smallest absolute Gasteiger partial charge is 0.124 e. The van der Waals surface area contributed by atoms with Crippen LogP contribution in [-0.4, -0.2) is 4.98 Å². The van der Waals surface area contributed by atoms with Crippen molar-refractivity contribution in [3.8, 4) is 32.8 Å². The number of rotatable bonds is 6. The molecule has 0 unspecified atom stereocenters. The molecule has 0 aliphatic carbocycles. The minimum Gasteiger partial charge on any atom is -0.310 e. The van der Waals surface area contributed by atoms with Crippen LogP contribution < -0.4 is 4.90 Å². The fourth-order valence-electron chi connectivity index (χ4n) is 8.34. The van der Waals surface area contributed by atoms with E-state index in [2.05, 4.69) is 211 Å². The molecule has 2 nitrogen and oxygen atoms in total. The fraction of sp³-hybridized carbons (Fsp3) is 0. The van der Waals surface area contributed by atoms with E-state index in [1.54, 1.807) is 11.3 Å². The summed E-state index contributed by atoms with van der Waals surface area (Å²) in [5, 5.41) is 11.2. The van der Waals surface area contributed by atoms with Crippen molar-refractivity contribution in [3.63, 3.8) is 0 Å². The third-order valence-electron chi connectivity index (χ3n) is 11.1. The second-order valence-electron chi connectivity index (χ2n) is 14.4. The summed E-state index contributed by atoms with van der Waals surface area (Å²) in [4.78, 5) is 7.49. The molecular weight excluding hydrogens is 697 g/mol. The molecule has 0 fully saturated rings. The van der Waals surface area contributed by atoms with Crippen LogP contribution in [0.2, 0.25) is 0 Å². The third-order valence-corrected chi connectivity index (χ3v) is 12.2. The Labute approximate surface area is 329 Å². The van der Waals surface area contributed by atoms with Gasteiger partial charge in [-0.1, -0.05) is 146 Å². The van der Waals surface area contributed by atoms with Crippen LogP contribution in [-0.2, 0) is 0 Å². The average molecular weight is 731 g/mol. The van der Waals surface area contributed by atoms with Gasteiger partial charge in [0.15, 0.2) is 0 Å². The number of hydrogen-bond donors (Lipinski definition) is 0. The molecule has 0 radical (unpaired) electrons. The lowest BCUT2D eigenvalue weighted by Gasteiger charge is -2.26. The minimum absolute atomic E-state index is 1.02. The molecule has 0 amide bonds. The zero-order valence-electron chi connectivity index (χ0n) is 30.4. The highest BCUT2D eigenvalue weighted by Gasteiger charge is 2.17. The van der Waals surface area contributed by atoms with Gasteiger partial charge < -0.3 is 4.90 Å². The Morgan fingerprint density at radius 2 is 0.929 bits per heavy atom. The van der Waals surface area contributed by atoms with Crippen LogP contribution in [0.3, 0.4) is 0 Å². The van der Waals surface area contributed by atoms with Gasteiger partial charge in [0.2, 0.25) is 0 Å². The zero-order chi connectivity index (χ0) is 37.0. The monoisotopic (exact) mass is 730 g/mol. The van der Waals surface area contributed by atoms with Crippen molar-refractivity contribution in [1.29, 1.82) is 0 Å². The van der Waals surface area contributed by atoms with Gasteiger partial charge >= 0.3 is 0 Å². The van der Waals surface area contributed by atoms with Crippen molar-refractivity contribution in [1.82, 2.24) is 4.98 Å². The van der Waals surface area contributed by atoms with Gasteiger partial charge in [-0.15, -0.1) is 11.3 Å². The molecule has 1 heterocycles. The Morgan fingerprint density at radius 1 is 0.339 bits per heavy atom. The molecule has 0 atom stereocenters. The molecular formula is C53H34N2S. The fourth-order valence-corrected chi connectivity index (χ4v) is 9.43. The molecule has 3 heteroatoms. The maximum atomic E-state index is 5.13. The molecule has 56 heavy (non-hydrogen) atoms. The van der Waals surface area contributed by atoms with E-state index in [0.717, 1.165) is 33.1 Å². The Morgan fingerprint density at radius 3 is 1.70 bits per heavy atom. The maximum Gasteiger partial charge on any atom is 0.124 e. The van der Waals surface area contributed by atoms with Gasteiger partial charge in [-0.25, -0.2) is 4.98 Å². The highest BCUT2D eigenvalue weighted by Crippen LogP contribution is 2.42. The van der Waals surface area contributed by atoms with Crippen LogP contribution in [0.25, 0.3) is 86.1 Å². The molecule has 0 spiro atoms. The molecule has 0 saturated heterocycles. The van der Waals surface area contributed by atoms with Crippen LogP contribution in [0.15, 0.2) is 206 Å². The van der Waals surface area contributed by atoms with E-state index >= 15 is 0 Å². The predicted molar refractivity (Wildman–Crippen MR) is 241 cm³/mol. The number of thiazole rings is 1. The number of aromatic nitrogens is 1. The highest BCUT2D eigenvalue weighted by atomic mass is 32.1. The lowest BCUT2D eigenvalue weighted by atomic mass is 9.93. The number of hydrogen-bond acceptors (Lipinski definition) is 3. The summed E-state index contributed by atoms with van der Waals surface area (Å²) in [5.41, 5.74) is 10.2. The van der Waals surface area contributed by atoms with Crippen molar-refractivity contribution in [2.24, 2.45) is 0 Å². The summed E-state index contributed by atoms with van der Waals surface area (Å²) in [6.07, 6.45) is 0. The van der Waals surface area contributed by atoms with Crippen LogP contribution in [0, 0.1) is 0 Å². The van der Waals surface area contributed by atoms with Gasteiger partial charge in [0.1, 0.15) is 5.01 Å². The quantitative estimate of drug-likeness (QED) is 0.158. The first kappa shape index (κ1) is 32.4. The van der Waals surface area contributed by atoms with E-state index in [1.807, 2.05) is 0 Å². The normalized spacial score (nSPS) is 11.6. The third kappa shape index (κ3) is 5.52. The Kier molecular flexibility index (Phi) is 7.72. The van der Waals surface area contributed by atoms with Gasteiger partial charge in [0.25, 0.3) is 0 Å². The van der Waals surface area contributed by atoms with E-state index in [0.29, 0.717) is 0 Å². The zero-order valence-corrected chi connectivity index (χ0v) is 31.2. The standard InChI is InChI=1S/C53H34N2S/c1-2-11-35(12-3-1)39-15-10-16-43(33-39)55(41-26-21-37(22-27-41)50-34-40-14-5-7-18-45(40)46-19-8-9-20-47(46)50)42-28-23-38(24-29-42)53-54-51-32-31-48-44-17-6-4-13-36(44)25-30-49(48)52(51)56-53/h1-34H. The summed E-state index contributed by atoms with van der Waals surface area (Å²) in [6.45, 7) is 0. The molecule has 11 aromatic rings. The van der Waals surface area contributed by atoms with Crippen molar-refractivity contribution in [2.75, 3.05) is 4.90 Å². The van der Waals surface area contributed by atoms with Crippen LogP contribution in [0.5, 0.6) is 0 Å². The van der Waals surface area contributed by atoms with Crippen molar-refractivity contribution in [3.05, 3.63) is 206 Å². The Hall–Kier alpha value is -7.07. The summed E-state index contributed by atoms with van der Waals surface area (Å²) in [5.74, 6) is 0. The lowest BCUT2D eigenvalue weighted by molar-refractivity contribution is 1.28. The molecule has 0 aliphatic rings. The number of nitrogens with zero attached hydrogens (tertiary/aromatic N) is 2. The SMILES string of the molecule is c1ccc(-c2cccc(N(c3ccc(-c4nc5ccc6c7ccccc7ccc6c5s4)cc3)c3ccc(-c4cc5ccccc5c5ccccc45)cc3)c2)cc1.